The first-order chi connectivity index (χ1) is 9.74. The Labute approximate surface area is 125 Å². The third kappa shape index (κ3) is 2.04. The molecule has 0 N–H and O–H groups in total. The van der Waals surface area contributed by atoms with E-state index in [0.29, 0.717) is 0 Å². The molecule has 5 heteroatoms. The number of fused-ring (bicyclic) bond motifs is 1. The van der Waals surface area contributed by atoms with Crippen molar-refractivity contribution in [1.29, 1.82) is 0 Å². The molecule has 1 aromatic carbocycles. The number of hydrogen-bond donors (Lipinski definition) is 0. The number of pyridine rings is 1. The number of halogens is 1. The third-order valence-corrected chi connectivity index (χ3v) is 3.73. The van der Waals surface area contributed by atoms with Gasteiger partial charge in [0.25, 0.3) is 0 Å². The summed E-state index contributed by atoms with van der Waals surface area (Å²) in [5.74, 6) is 2.37. The molecular formula is C15H13BrN2O2. The van der Waals surface area contributed by atoms with E-state index in [2.05, 4.69) is 20.9 Å². The van der Waals surface area contributed by atoms with Crippen molar-refractivity contribution in [2.45, 2.75) is 0 Å². The summed E-state index contributed by atoms with van der Waals surface area (Å²) in [5.41, 5.74) is 1.91. The summed E-state index contributed by atoms with van der Waals surface area (Å²) in [6.07, 6.45) is 1.91. The van der Waals surface area contributed by atoms with Gasteiger partial charge in [-0.3, -0.25) is 4.40 Å². The predicted molar refractivity (Wildman–Crippen MR) is 81.4 cm³/mol. The molecule has 0 saturated heterocycles. The van der Waals surface area contributed by atoms with Gasteiger partial charge in [0.1, 0.15) is 21.9 Å². The quantitative estimate of drug-likeness (QED) is 0.732. The number of nitrogens with zero attached hydrogens (tertiary/aromatic N) is 2. The number of hydrogen-bond acceptors (Lipinski definition) is 3. The van der Waals surface area contributed by atoms with Crippen molar-refractivity contribution in [3.63, 3.8) is 0 Å². The Morgan fingerprint density at radius 3 is 2.60 bits per heavy atom. The van der Waals surface area contributed by atoms with Gasteiger partial charge in [0.05, 0.1) is 31.5 Å². The highest BCUT2D eigenvalue weighted by Crippen LogP contribution is 2.33. The highest BCUT2D eigenvalue weighted by molar-refractivity contribution is 9.10. The zero-order valence-corrected chi connectivity index (χ0v) is 12.7. The van der Waals surface area contributed by atoms with Crippen LogP contribution in [0.15, 0.2) is 47.2 Å². The zero-order valence-electron chi connectivity index (χ0n) is 11.1. The maximum atomic E-state index is 5.41. The highest BCUT2D eigenvalue weighted by Gasteiger charge is 2.14. The van der Waals surface area contributed by atoms with E-state index in [1.165, 1.54) is 0 Å². The molecular weight excluding hydrogens is 320 g/mol. The van der Waals surface area contributed by atoms with Crippen molar-refractivity contribution in [3.05, 3.63) is 47.2 Å². The molecule has 102 valence electrons. The largest absolute Gasteiger partial charge is 0.496 e. The molecule has 0 aliphatic rings. The molecule has 0 atom stereocenters. The molecule has 4 nitrogen and oxygen atoms in total. The van der Waals surface area contributed by atoms with E-state index in [4.69, 9.17) is 9.47 Å². The second kappa shape index (κ2) is 5.17. The van der Waals surface area contributed by atoms with Crippen LogP contribution < -0.4 is 9.47 Å². The average Bonchev–Trinajstić information content (AvgIpc) is 2.83. The smallest absolute Gasteiger partial charge is 0.149 e. The summed E-state index contributed by atoms with van der Waals surface area (Å²) < 4.78 is 13.5. The first kappa shape index (κ1) is 13.0. The van der Waals surface area contributed by atoms with Gasteiger partial charge >= 0.3 is 0 Å². The van der Waals surface area contributed by atoms with E-state index in [0.717, 1.165) is 33.0 Å². The van der Waals surface area contributed by atoms with Crippen molar-refractivity contribution in [1.82, 2.24) is 9.38 Å². The van der Waals surface area contributed by atoms with E-state index in [1.54, 1.807) is 14.2 Å². The molecule has 3 aromatic rings. The monoisotopic (exact) mass is 332 g/mol. The topological polar surface area (TPSA) is 35.8 Å². The molecule has 0 saturated carbocycles. The van der Waals surface area contributed by atoms with Crippen molar-refractivity contribution in [2.75, 3.05) is 14.2 Å². The maximum absolute atomic E-state index is 5.41. The van der Waals surface area contributed by atoms with Crippen molar-refractivity contribution >= 4 is 21.4 Å². The highest BCUT2D eigenvalue weighted by atomic mass is 79.9. The summed E-state index contributed by atoms with van der Waals surface area (Å²) in [6, 6.07) is 11.7. The number of ether oxygens (including phenoxy) is 2. The normalized spacial score (nSPS) is 10.8. The van der Waals surface area contributed by atoms with Crippen LogP contribution >= 0.6 is 15.9 Å². The first-order valence-electron chi connectivity index (χ1n) is 6.09. The molecule has 0 fully saturated rings. The Morgan fingerprint density at radius 2 is 1.85 bits per heavy atom. The van der Waals surface area contributed by atoms with Crippen molar-refractivity contribution in [2.24, 2.45) is 0 Å². The molecule has 0 bridgehead atoms. The lowest BCUT2D eigenvalue weighted by Crippen LogP contribution is -1.94. The van der Waals surface area contributed by atoms with E-state index in [-0.39, 0.29) is 0 Å². The van der Waals surface area contributed by atoms with Gasteiger partial charge in [0.15, 0.2) is 0 Å². The van der Waals surface area contributed by atoms with Crippen LogP contribution in [0.5, 0.6) is 11.5 Å². The van der Waals surface area contributed by atoms with Gasteiger partial charge in [-0.25, -0.2) is 4.98 Å². The van der Waals surface area contributed by atoms with Crippen LogP contribution in [0.2, 0.25) is 0 Å². The fraction of sp³-hybridized carbons (Fsp3) is 0.133. The number of para-hydroxylation sites is 1. The third-order valence-electron chi connectivity index (χ3n) is 3.15. The van der Waals surface area contributed by atoms with Gasteiger partial charge in [0, 0.05) is 0 Å². The van der Waals surface area contributed by atoms with Crippen LogP contribution in [-0.2, 0) is 0 Å². The van der Waals surface area contributed by atoms with Crippen LogP contribution in [0.3, 0.4) is 0 Å². The van der Waals surface area contributed by atoms with Crippen molar-refractivity contribution < 1.29 is 9.47 Å². The standard InChI is InChI=1S/C15H13BrN2O2/c1-19-10-7-8-12-14(16)17-15(18(12)9-10)11-5-3-4-6-13(11)20-2/h3-9H,1-2H3. The molecule has 0 spiro atoms. The number of aromatic nitrogens is 2. The van der Waals surface area contributed by atoms with E-state index >= 15 is 0 Å². The Morgan fingerprint density at radius 1 is 1.05 bits per heavy atom. The molecule has 3 rings (SSSR count). The average molecular weight is 333 g/mol. The Kier molecular flexibility index (Phi) is 3.36. The molecule has 0 aliphatic carbocycles. The van der Waals surface area contributed by atoms with Gasteiger partial charge in [-0.05, 0) is 40.2 Å². The van der Waals surface area contributed by atoms with Crippen LogP contribution in [0, 0.1) is 0 Å². The molecule has 0 amide bonds. The van der Waals surface area contributed by atoms with Crippen LogP contribution in [0.4, 0.5) is 0 Å². The molecule has 0 radical (unpaired) electrons. The lowest BCUT2D eigenvalue weighted by molar-refractivity contribution is 0.412. The second-order valence-corrected chi connectivity index (χ2v) is 5.00. The van der Waals surface area contributed by atoms with Crippen LogP contribution in [0.25, 0.3) is 16.9 Å². The molecule has 2 aromatic heterocycles. The summed E-state index contributed by atoms with van der Waals surface area (Å²) >= 11 is 3.49. The fourth-order valence-electron chi connectivity index (χ4n) is 2.17. The van der Waals surface area contributed by atoms with Gasteiger partial charge in [-0.1, -0.05) is 12.1 Å². The number of methoxy groups -OCH3 is 2. The fourth-order valence-corrected chi connectivity index (χ4v) is 2.66. The molecule has 2 heterocycles. The second-order valence-electron chi connectivity index (χ2n) is 4.25. The Balaban J connectivity index is 2.30. The summed E-state index contributed by atoms with van der Waals surface area (Å²) in [6.45, 7) is 0. The minimum atomic E-state index is 0.776. The molecule has 0 unspecified atom stereocenters. The van der Waals surface area contributed by atoms with Crippen molar-refractivity contribution in [3.8, 4) is 22.9 Å². The van der Waals surface area contributed by atoms with Gasteiger partial charge in [-0.15, -0.1) is 0 Å². The Hall–Kier alpha value is -2.01. The Bertz CT molecular complexity index is 768. The number of imidazole rings is 1. The summed E-state index contributed by atoms with van der Waals surface area (Å²) in [5, 5.41) is 0. The minimum absolute atomic E-state index is 0.776. The van der Waals surface area contributed by atoms with Gasteiger partial charge in [-0.2, -0.15) is 0 Å². The van der Waals surface area contributed by atoms with Gasteiger partial charge in [0.2, 0.25) is 0 Å². The first-order valence-corrected chi connectivity index (χ1v) is 6.89. The zero-order chi connectivity index (χ0) is 14.1. The van der Waals surface area contributed by atoms with E-state index in [1.807, 2.05) is 47.0 Å². The summed E-state index contributed by atoms with van der Waals surface area (Å²) in [4.78, 5) is 4.59. The molecule has 20 heavy (non-hydrogen) atoms. The molecule has 0 aliphatic heterocycles. The number of benzene rings is 1. The summed E-state index contributed by atoms with van der Waals surface area (Å²) in [7, 11) is 3.31. The predicted octanol–water partition coefficient (Wildman–Crippen LogP) is 3.78. The maximum Gasteiger partial charge on any atom is 0.149 e. The SMILES string of the molecule is COc1ccc2c(Br)nc(-c3ccccc3OC)n2c1. The van der Waals surface area contributed by atoms with E-state index in [9.17, 15) is 0 Å². The van der Waals surface area contributed by atoms with E-state index < -0.39 is 0 Å². The number of rotatable bonds is 3. The van der Waals surface area contributed by atoms with Gasteiger partial charge < -0.3 is 9.47 Å². The van der Waals surface area contributed by atoms with Crippen LogP contribution in [-0.4, -0.2) is 23.6 Å². The minimum Gasteiger partial charge on any atom is -0.496 e. The lowest BCUT2D eigenvalue weighted by atomic mass is 10.2. The lowest BCUT2D eigenvalue weighted by Gasteiger charge is -2.08. The van der Waals surface area contributed by atoms with Crippen LogP contribution in [0.1, 0.15) is 0 Å².